The minimum atomic E-state index is -0.729. The van der Waals surface area contributed by atoms with Crippen LogP contribution in [0.25, 0.3) is 0 Å². The molecule has 0 aliphatic carbocycles. The van der Waals surface area contributed by atoms with Crippen molar-refractivity contribution in [2.45, 2.75) is 46.1 Å². The lowest BCUT2D eigenvalue weighted by atomic mass is 10.1. The fraction of sp³-hybridized carbons (Fsp3) is 0.500. The zero-order valence-electron chi connectivity index (χ0n) is 12.8. The van der Waals surface area contributed by atoms with E-state index in [-0.39, 0.29) is 11.7 Å². The molecule has 1 atom stereocenters. The van der Waals surface area contributed by atoms with E-state index in [0.717, 1.165) is 12.8 Å². The molecule has 116 valence electrons. The van der Waals surface area contributed by atoms with Gasteiger partial charge >= 0.3 is 5.97 Å². The minimum Gasteiger partial charge on any atom is -0.506 e. The fourth-order valence-corrected chi connectivity index (χ4v) is 2.09. The first-order valence-corrected chi connectivity index (χ1v) is 7.27. The van der Waals surface area contributed by atoms with Crippen LogP contribution < -0.4 is 4.90 Å². The summed E-state index contributed by atoms with van der Waals surface area (Å²) in [5, 5.41) is 9.92. The number of aromatic hydroxyl groups is 1. The van der Waals surface area contributed by atoms with Crippen LogP contribution in [0.2, 0.25) is 0 Å². The van der Waals surface area contributed by atoms with E-state index in [4.69, 9.17) is 4.74 Å². The maximum absolute atomic E-state index is 12.2. The van der Waals surface area contributed by atoms with Crippen molar-refractivity contribution < 1.29 is 19.4 Å². The number of hydrogen-bond donors (Lipinski definition) is 1. The van der Waals surface area contributed by atoms with Gasteiger partial charge in [-0.15, -0.1) is 0 Å². The Morgan fingerprint density at radius 1 is 1.29 bits per heavy atom. The van der Waals surface area contributed by atoms with Crippen LogP contribution in [0.5, 0.6) is 5.75 Å². The lowest BCUT2D eigenvalue weighted by Crippen LogP contribution is -2.45. The highest BCUT2D eigenvalue weighted by molar-refractivity contribution is 5.99. The van der Waals surface area contributed by atoms with E-state index in [1.807, 2.05) is 13.8 Å². The van der Waals surface area contributed by atoms with E-state index in [1.54, 1.807) is 18.2 Å². The van der Waals surface area contributed by atoms with Gasteiger partial charge in [-0.3, -0.25) is 9.69 Å². The van der Waals surface area contributed by atoms with Gasteiger partial charge in [0.15, 0.2) is 0 Å². The van der Waals surface area contributed by atoms with Gasteiger partial charge in [0, 0.05) is 6.92 Å². The number of unbranched alkanes of at least 4 members (excludes halogenated alkanes) is 1. The molecule has 0 fully saturated rings. The number of carbonyl (C=O) groups excluding carboxylic acids is 2. The molecule has 1 aromatic rings. The predicted octanol–water partition coefficient (Wildman–Crippen LogP) is 2.87. The van der Waals surface area contributed by atoms with Gasteiger partial charge in [0.05, 0.1) is 12.3 Å². The first-order chi connectivity index (χ1) is 10.0. The number of para-hydroxylation sites is 2. The summed E-state index contributed by atoms with van der Waals surface area (Å²) in [6, 6.07) is 5.74. The van der Waals surface area contributed by atoms with Crippen molar-refractivity contribution in [1.29, 1.82) is 0 Å². The quantitative estimate of drug-likeness (QED) is 0.620. The molecular formula is C16H23NO4. The zero-order valence-corrected chi connectivity index (χ0v) is 12.8. The molecule has 1 amide bonds. The molecule has 21 heavy (non-hydrogen) atoms. The molecular weight excluding hydrogens is 270 g/mol. The molecule has 0 aromatic heterocycles. The third kappa shape index (κ3) is 4.48. The zero-order chi connectivity index (χ0) is 15.8. The molecule has 0 saturated heterocycles. The molecule has 0 heterocycles. The second-order valence-corrected chi connectivity index (χ2v) is 4.82. The largest absolute Gasteiger partial charge is 0.506 e. The number of anilines is 1. The van der Waals surface area contributed by atoms with Crippen molar-refractivity contribution in [3.05, 3.63) is 24.3 Å². The summed E-state index contributed by atoms with van der Waals surface area (Å²) in [6.07, 6.45) is 2.14. The first-order valence-electron chi connectivity index (χ1n) is 7.27. The molecule has 0 spiro atoms. The Hall–Kier alpha value is -2.04. The molecule has 5 nitrogen and oxygen atoms in total. The summed E-state index contributed by atoms with van der Waals surface area (Å²) >= 11 is 0. The van der Waals surface area contributed by atoms with Crippen LogP contribution >= 0.6 is 0 Å². The van der Waals surface area contributed by atoms with Gasteiger partial charge in [-0.1, -0.05) is 32.4 Å². The molecule has 5 heteroatoms. The van der Waals surface area contributed by atoms with E-state index < -0.39 is 12.0 Å². The van der Waals surface area contributed by atoms with Gasteiger partial charge in [-0.2, -0.15) is 0 Å². The van der Waals surface area contributed by atoms with E-state index in [1.165, 1.54) is 17.9 Å². The number of rotatable bonds is 7. The third-order valence-electron chi connectivity index (χ3n) is 3.19. The van der Waals surface area contributed by atoms with Gasteiger partial charge in [0.25, 0.3) is 0 Å². The summed E-state index contributed by atoms with van der Waals surface area (Å²) in [7, 11) is 0. The van der Waals surface area contributed by atoms with E-state index in [2.05, 4.69) is 0 Å². The topological polar surface area (TPSA) is 66.8 Å². The first kappa shape index (κ1) is 17.0. The van der Waals surface area contributed by atoms with Crippen molar-refractivity contribution in [2.24, 2.45) is 0 Å². The molecule has 1 N–H and O–H groups in total. The fourth-order valence-electron chi connectivity index (χ4n) is 2.09. The smallest absolute Gasteiger partial charge is 0.329 e. The number of phenolic OH excluding ortho intramolecular Hbond substituents is 1. The molecule has 0 radical (unpaired) electrons. The van der Waals surface area contributed by atoms with Crippen molar-refractivity contribution in [1.82, 2.24) is 0 Å². The van der Waals surface area contributed by atoms with Crippen LogP contribution in [0.3, 0.4) is 0 Å². The van der Waals surface area contributed by atoms with E-state index in [9.17, 15) is 14.7 Å². The summed E-state index contributed by atoms with van der Waals surface area (Å²) < 4.78 is 5.21. The lowest BCUT2D eigenvalue weighted by molar-refractivity contribution is -0.146. The third-order valence-corrected chi connectivity index (χ3v) is 3.19. The molecule has 0 aliphatic rings. The number of ether oxygens (including phenoxy) is 1. The highest BCUT2D eigenvalue weighted by Gasteiger charge is 2.30. The Labute approximate surface area is 125 Å². The number of esters is 1. The van der Waals surface area contributed by atoms with Crippen molar-refractivity contribution in [2.75, 3.05) is 11.5 Å². The highest BCUT2D eigenvalue weighted by atomic mass is 16.5. The van der Waals surface area contributed by atoms with E-state index >= 15 is 0 Å². The van der Waals surface area contributed by atoms with Crippen molar-refractivity contribution >= 4 is 17.6 Å². The molecule has 1 rings (SSSR count). The van der Waals surface area contributed by atoms with Crippen LogP contribution in [0.4, 0.5) is 5.69 Å². The normalized spacial score (nSPS) is 11.8. The molecule has 1 unspecified atom stereocenters. The maximum Gasteiger partial charge on any atom is 0.329 e. The van der Waals surface area contributed by atoms with Gasteiger partial charge in [0.2, 0.25) is 5.91 Å². The number of benzene rings is 1. The second-order valence-electron chi connectivity index (χ2n) is 4.82. The summed E-state index contributed by atoms with van der Waals surface area (Å²) in [6.45, 7) is 5.53. The van der Waals surface area contributed by atoms with Crippen LogP contribution in [-0.4, -0.2) is 29.6 Å². The second kappa shape index (κ2) is 8.29. The Kier molecular flexibility index (Phi) is 6.72. The number of nitrogens with zero attached hydrogens (tertiary/aromatic N) is 1. The molecule has 0 saturated carbocycles. The summed E-state index contributed by atoms with van der Waals surface area (Å²) in [5.74, 6) is -0.785. The van der Waals surface area contributed by atoms with Crippen LogP contribution in [-0.2, 0) is 14.3 Å². The van der Waals surface area contributed by atoms with Crippen LogP contribution in [0.1, 0.15) is 40.0 Å². The van der Waals surface area contributed by atoms with Gasteiger partial charge in [0.1, 0.15) is 11.8 Å². The molecule has 0 aliphatic heterocycles. The Morgan fingerprint density at radius 3 is 2.48 bits per heavy atom. The maximum atomic E-state index is 12.2. The summed E-state index contributed by atoms with van der Waals surface area (Å²) in [4.78, 5) is 25.4. The number of hydrogen-bond acceptors (Lipinski definition) is 4. The highest BCUT2D eigenvalue weighted by Crippen LogP contribution is 2.29. The Morgan fingerprint density at radius 2 is 1.95 bits per heavy atom. The SMILES string of the molecule is CCCCOC(=O)C(CC)N(C(C)=O)c1ccccc1O. The van der Waals surface area contributed by atoms with Crippen molar-refractivity contribution in [3.63, 3.8) is 0 Å². The van der Waals surface area contributed by atoms with Gasteiger partial charge < -0.3 is 9.84 Å². The summed E-state index contributed by atoms with van der Waals surface area (Å²) in [5.41, 5.74) is 0.323. The number of phenols is 1. The standard InChI is InChI=1S/C16H23NO4/c1-4-6-11-21-16(20)13(5-2)17(12(3)18)14-9-7-8-10-15(14)19/h7-10,13,19H,4-6,11H2,1-3H3. The average Bonchev–Trinajstić information content (AvgIpc) is 2.45. The Bertz CT molecular complexity index is 487. The lowest BCUT2D eigenvalue weighted by Gasteiger charge is -2.29. The van der Waals surface area contributed by atoms with Crippen molar-refractivity contribution in [3.8, 4) is 5.75 Å². The monoisotopic (exact) mass is 293 g/mol. The number of carbonyl (C=O) groups is 2. The van der Waals surface area contributed by atoms with Crippen LogP contribution in [0.15, 0.2) is 24.3 Å². The Balaban J connectivity index is 2.99. The van der Waals surface area contributed by atoms with Gasteiger partial charge in [-0.25, -0.2) is 4.79 Å². The van der Waals surface area contributed by atoms with Crippen LogP contribution in [0, 0.1) is 0 Å². The minimum absolute atomic E-state index is 0.0347. The molecule has 1 aromatic carbocycles. The average molecular weight is 293 g/mol. The van der Waals surface area contributed by atoms with E-state index in [0.29, 0.717) is 18.7 Å². The molecule has 0 bridgehead atoms. The predicted molar refractivity (Wildman–Crippen MR) is 81.2 cm³/mol. The number of amides is 1. The van der Waals surface area contributed by atoms with Gasteiger partial charge in [-0.05, 0) is 25.0 Å².